The molecule has 1 amide bonds. The monoisotopic (exact) mass is 248 g/mol. The zero-order valence-electron chi connectivity index (χ0n) is 11.5. The molecule has 18 heavy (non-hydrogen) atoms. The van der Waals surface area contributed by atoms with Crippen LogP contribution in [0.3, 0.4) is 0 Å². The minimum Gasteiger partial charge on any atom is -0.342 e. The van der Waals surface area contributed by atoms with E-state index in [0.29, 0.717) is 6.54 Å². The van der Waals surface area contributed by atoms with Gasteiger partial charge in [-0.25, -0.2) is 0 Å². The number of nitrogens with one attached hydrogen (secondary N) is 1. The van der Waals surface area contributed by atoms with Crippen LogP contribution in [0.2, 0.25) is 0 Å². The Kier molecular flexibility index (Phi) is 7.11. The van der Waals surface area contributed by atoms with Gasteiger partial charge in [0.05, 0.1) is 6.54 Å². The highest BCUT2D eigenvalue weighted by atomic mass is 16.2. The molecule has 3 heteroatoms. The molecule has 1 aromatic rings. The summed E-state index contributed by atoms with van der Waals surface area (Å²) in [6, 6.07) is 10.3. The van der Waals surface area contributed by atoms with E-state index < -0.39 is 0 Å². The van der Waals surface area contributed by atoms with E-state index in [1.165, 1.54) is 5.56 Å². The number of hydrogen-bond acceptors (Lipinski definition) is 2. The second-order valence-electron chi connectivity index (χ2n) is 4.39. The number of carbonyl (C=O) groups excluding carboxylic acids is 1. The van der Waals surface area contributed by atoms with Gasteiger partial charge in [-0.05, 0) is 31.9 Å². The van der Waals surface area contributed by atoms with Crippen LogP contribution in [0, 0.1) is 0 Å². The van der Waals surface area contributed by atoms with Crippen molar-refractivity contribution < 1.29 is 4.79 Å². The summed E-state index contributed by atoms with van der Waals surface area (Å²) in [5, 5.41) is 3.16. The molecule has 0 heterocycles. The van der Waals surface area contributed by atoms with Gasteiger partial charge in [0.15, 0.2) is 0 Å². The van der Waals surface area contributed by atoms with E-state index in [0.717, 1.165) is 32.5 Å². The molecule has 0 atom stereocenters. The predicted octanol–water partition coefficient (Wildman–Crippen LogP) is 2.08. The number of nitrogens with zero attached hydrogens (tertiary/aromatic N) is 1. The van der Waals surface area contributed by atoms with Crippen molar-refractivity contribution in [2.45, 2.75) is 26.7 Å². The van der Waals surface area contributed by atoms with Crippen molar-refractivity contribution in [1.29, 1.82) is 0 Å². The van der Waals surface area contributed by atoms with E-state index in [1.807, 2.05) is 30.0 Å². The van der Waals surface area contributed by atoms with Crippen LogP contribution in [-0.2, 0) is 11.2 Å². The first-order chi connectivity index (χ1) is 8.77. The summed E-state index contributed by atoms with van der Waals surface area (Å²) in [7, 11) is 0. The molecule has 0 unspecified atom stereocenters. The molecule has 0 spiro atoms. The summed E-state index contributed by atoms with van der Waals surface area (Å²) in [6.07, 6.45) is 1.98. The second-order valence-corrected chi connectivity index (χ2v) is 4.39. The molecule has 1 aromatic carbocycles. The van der Waals surface area contributed by atoms with E-state index in [-0.39, 0.29) is 5.91 Å². The van der Waals surface area contributed by atoms with Gasteiger partial charge in [-0.3, -0.25) is 4.79 Å². The summed E-state index contributed by atoms with van der Waals surface area (Å²) in [6.45, 7) is 7.07. The Bertz CT molecular complexity index is 338. The molecule has 0 bridgehead atoms. The summed E-state index contributed by atoms with van der Waals surface area (Å²) in [5.74, 6) is 0.196. The molecular weight excluding hydrogens is 224 g/mol. The number of likely N-dealkylation sites (N-methyl/N-ethyl adjacent to an activating group) is 1. The van der Waals surface area contributed by atoms with E-state index in [2.05, 4.69) is 24.4 Å². The number of carbonyl (C=O) groups is 1. The average molecular weight is 248 g/mol. The van der Waals surface area contributed by atoms with Crippen LogP contribution in [0.5, 0.6) is 0 Å². The number of benzene rings is 1. The Morgan fingerprint density at radius 2 is 1.94 bits per heavy atom. The minimum absolute atomic E-state index is 0.196. The molecular formula is C15H24N2O. The minimum atomic E-state index is 0.196. The lowest BCUT2D eigenvalue weighted by Crippen LogP contribution is -2.39. The highest BCUT2D eigenvalue weighted by molar-refractivity contribution is 5.78. The summed E-state index contributed by atoms with van der Waals surface area (Å²) < 4.78 is 0. The maximum Gasteiger partial charge on any atom is 0.236 e. The van der Waals surface area contributed by atoms with Gasteiger partial charge in [0.1, 0.15) is 0 Å². The summed E-state index contributed by atoms with van der Waals surface area (Å²) in [4.78, 5) is 13.8. The number of amides is 1. The lowest BCUT2D eigenvalue weighted by Gasteiger charge is -2.21. The first-order valence-corrected chi connectivity index (χ1v) is 6.80. The van der Waals surface area contributed by atoms with Crippen molar-refractivity contribution in [3.63, 3.8) is 0 Å². The first-order valence-electron chi connectivity index (χ1n) is 6.80. The van der Waals surface area contributed by atoms with E-state index >= 15 is 0 Å². The molecule has 100 valence electrons. The van der Waals surface area contributed by atoms with Gasteiger partial charge in [0.25, 0.3) is 0 Å². The summed E-state index contributed by atoms with van der Waals surface area (Å²) >= 11 is 0. The highest BCUT2D eigenvalue weighted by Crippen LogP contribution is 2.01. The van der Waals surface area contributed by atoms with Gasteiger partial charge in [-0.2, -0.15) is 0 Å². The second kappa shape index (κ2) is 8.70. The van der Waals surface area contributed by atoms with Crippen LogP contribution in [0.15, 0.2) is 30.3 Å². The van der Waals surface area contributed by atoms with Crippen LogP contribution >= 0.6 is 0 Å². The van der Waals surface area contributed by atoms with E-state index in [9.17, 15) is 4.79 Å². The Hall–Kier alpha value is -1.35. The summed E-state index contributed by atoms with van der Waals surface area (Å²) in [5.41, 5.74) is 1.28. The quantitative estimate of drug-likeness (QED) is 0.714. The normalized spacial score (nSPS) is 10.3. The first kappa shape index (κ1) is 14.7. The fourth-order valence-electron chi connectivity index (χ4n) is 1.85. The third-order valence-electron chi connectivity index (χ3n) is 2.95. The third kappa shape index (κ3) is 5.32. The maximum absolute atomic E-state index is 11.9. The highest BCUT2D eigenvalue weighted by Gasteiger charge is 2.10. The molecule has 0 aromatic heterocycles. The van der Waals surface area contributed by atoms with Crippen LogP contribution < -0.4 is 5.32 Å². The molecule has 0 aliphatic rings. The SMILES string of the molecule is CCCNCC(=O)N(CC)CCc1ccccc1. The fraction of sp³-hybridized carbons (Fsp3) is 0.533. The molecule has 3 nitrogen and oxygen atoms in total. The van der Waals surface area contributed by atoms with Gasteiger partial charge in [-0.15, -0.1) is 0 Å². The smallest absolute Gasteiger partial charge is 0.236 e. The van der Waals surface area contributed by atoms with Gasteiger partial charge >= 0.3 is 0 Å². The third-order valence-corrected chi connectivity index (χ3v) is 2.95. The van der Waals surface area contributed by atoms with Crippen molar-refractivity contribution in [2.24, 2.45) is 0 Å². The van der Waals surface area contributed by atoms with Crippen molar-refractivity contribution in [3.05, 3.63) is 35.9 Å². The van der Waals surface area contributed by atoms with Crippen molar-refractivity contribution in [2.75, 3.05) is 26.2 Å². The molecule has 1 N–H and O–H groups in total. The predicted molar refractivity (Wildman–Crippen MR) is 75.6 cm³/mol. The van der Waals surface area contributed by atoms with E-state index in [4.69, 9.17) is 0 Å². The van der Waals surface area contributed by atoms with Crippen LogP contribution in [0.25, 0.3) is 0 Å². The topological polar surface area (TPSA) is 32.3 Å². The zero-order valence-corrected chi connectivity index (χ0v) is 11.5. The Morgan fingerprint density at radius 1 is 1.22 bits per heavy atom. The van der Waals surface area contributed by atoms with Gasteiger partial charge in [0.2, 0.25) is 5.91 Å². The van der Waals surface area contributed by atoms with Gasteiger partial charge < -0.3 is 10.2 Å². The fourth-order valence-corrected chi connectivity index (χ4v) is 1.85. The van der Waals surface area contributed by atoms with Gasteiger partial charge in [-0.1, -0.05) is 37.3 Å². The Balaban J connectivity index is 2.35. The molecule has 0 radical (unpaired) electrons. The van der Waals surface area contributed by atoms with Crippen molar-refractivity contribution in [1.82, 2.24) is 10.2 Å². The number of rotatable bonds is 8. The molecule has 0 fully saturated rings. The number of hydrogen-bond donors (Lipinski definition) is 1. The zero-order chi connectivity index (χ0) is 13.2. The molecule has 1 rings (SSSR count). The molecule has 0 aliphatic heterocycles. The average Bonchev–Trinajstić information content (AvgIpc) is 2.41. The molecule has 0 aliphatic carbocycles. The standard InChI is InChI=1S/C15H24N2O/c1-3-11-16-13-15(18)17(4-2)12-10-14-8-6-5-7-9-14/h5-9,16H,3-4,10-13H2,1-2H3. The Morgan fingerprint density at radius 3 is 2.56 bits per heavy atom. The van der Waals surface area contributed by atoms with Crippen molar-refractivity contribution >= 4 is 5.91 Å². The van der Waals surface area contributed by atoms with Crippen LogP contribution in [0.1, 0.15) is 25.8 Å². The Labute approximate surface area is 110 Å². The lowest BCUT2D eigenvalue weighted by molar-refractivity contribution is -0.130. The molecule has 0 saturated heterocycles. The van der Waals surface area contributed by atoms with Crippen LogP contribution in [0.4, 0.5) is 0 Å². The lowest BCUT2D eigenvalue weighted by atomic mass is 10.1. The van der Waals surface area contributed by atoms with Crippen LogP contribution in [-0.4, -0.2) is 37.0 Å². The maximum atomic E-state index is 11.9. The van der Waals surface area contributed by atoms with Crippen molar-refractivity contribution in [3.8, 4) is 0 Å². The largest absolute Gasteiger partial charge is 0.342 e. The molecule has 0 saturated carbocycles. The van der Waals surface area contributed by atoms with Gasteiger partial charge in [0, 0.05) is 13.1 Å². The van der Waals surface area contributed by atoms with E-state index in [1.54, 1.807) is 0 Å².